The van der Waals surface area contributed by atoms with Crippen molar-refractivity contribution in [3.8, 4) is 28.7 Å². The number of pyridine rings is 1. The van der Waals surface area contributed by atoms with Gasteiger partial charge >= 0.3 is 0 Å². The summed E-state index contributed by atoms with van der Waals surface area (Å²) in [5.74, 6) is 2.08. The van der Waals surface area contributed by atoms with Gasteiger partial charge in [0.25, 0.3) is 6.33 Å². The van der Waals surface area contributed by atoms with Crippen molar-refractivity contribution < 1.29 is 30.4 Å². The number of aryl methyl sites for hydroxylation is 1. The summed E-state index contributed by atoms with van der Waals surface area (Å²) >= 11 is 0. The van der Waals surface area contributed by atoms with Crippen molar-refractivity contribution in [2.24, 2.45) is 0 Å². The second-order valence-electron chi connectivity index (χ2n) is 14.4. The molecule has 0 saturated heterocycles. The zero-order valence-electron chi connectivity index (χ0n) is 28.8. The van der Waals surface area contributed by atoms with Gasteiger partial charge < -0.3 is 13.9 Å². The molecule has 4 aromatic carbocycles. The number of aromatic nitrogens is 4. The van der Waals surface area contributed by atoms with Gasteiger partial charge in [0.2, 0.25) is 0 Å². The van der Waals surface area contributed by atoms with E-state index in [1.54, 1.807) is 0 Å². The molecule has 7 rings (SSSR count). The Hall–Kier alpha value is -4.47. The van der Waals surface area contributed by atoms with Crippen LogP contribution in [0.3, 0.4) is 0 Å². The third kappa shape index (κ3) is 6.13. The topological polar surface area (TPSA) is 35.9 Å². The summed E-state index contributed by atoms with van der Waals surface area (Å²) in [6.45, 7) is 17.7. The first-order chi connectivity index (χ1) is 22.4. The molecule has 0 aliphatic carbocycles. The second kappa shape index (κ2) is 12.5. The molecule has 48 heavy (non-hydrogen) atoms. The van der Waals surface area contributed by atoms with Crippen molar-refractivity contribution in [1.82, 2.24) is 14.1 Å². The van der Waals surface area contributed by atoms with E-state index < -0.39 is 0 Å². The number of benzene rings is 4. The van der Waals surface area contributed by atoms with Gasteiger partial charge in [0.1, 0.15) is 5.82 Å². The molecular weight excluding hydrogens is 772 g/mol. The van der Waals surface area contributed by atoms with E-state index in [0.717, 1.165) is 44.7 Å². The first-order valence-electron chi connectivity index (χ1n) is 16.2. The van der Waals surface area contributed by atoms with Crippen molar-refractivity contribution in [2.75, 3.05) is 0 Å². The summed E-state index contributed by atoms with van der Waals surface area (Å²) in [5.41, 5.74) is 8.74. The first-order valence-corrected chi connectivity index (χ1v) is 16.2. The van der Waals surface area contributed by atoms with Crippen LogP contribution in [0.2, 0.25) is 0 Å². The number of para-hydroxylation sites is 1. The molecule has 0 unspecified atom stereocenters. The van der Waals surface area contributed by atoms with Gasteiger partial charge in [-0.25, -0.2) is 4.98 Å². The minimum absolute atomic E-state index is 0. The largest absolute Gasteiger partial charge is 0.510 e. The molecule has 5 nitrogen and oxygen atoms in total. The fourth-order valence-corrected chi connectivity index (χ4v) is 6.12. The molecule has 246 valence electrons. The Morgan fingerprint density at radius 3 is 2.27 bits per heavy atom. The van der Waals surface area contributed by atoms with Crippen LogP contribution >= 0.6 is 0 Å². The number of ether oxygens (including phenoxy) is 1. The molecule has 0 fully saturated rings. The van der Waals surface area contributed by atoms with E-state index in [1.807, 2.05) is 35.0 Å². The molecule has 6 heteroatoms. The molecule has 0 aliphatic rings. The van der Waals surface area contributed by atoms with Gasteiger partial charge in [0, 0.05) is 50.5 Å². The number of hydrogen-bond acceptors (Lipinski definition) is 2. The molecule has 0 radical (unpaired) electrons. The van der Waals surface area contributed by atoms with E-state index >= 15 is 0 Å². The molecule has 3 heterocycles. The Labute approximate surface area is 298 Å². The fourth-order valence-electron chi connectivity index (χ4n) is 6.12. The molecular formula is C42H40N4OPt-2. The van der Waals surface area contributed by atoms with E-state index in [4.69, 9.17) is 9.72 Å². The van der Waals surface area contributed by atoms with Crippen molar-refractivity contribution in [3.05, 3.63) is 138 Å². The summed E-state index contributed by atoms with van der Waals surface area (Å²) < 4.78 is 12.8. The molecule has 0 aliphatic heterocycles. The Kier molecular flexibility index (Phi) is 8.72. The number of fused-ring (bicyclic) bond motifs is 3. The van der Waals surface area contributed by atoms with Gasteiger partial charge in [-0.3, -0.25) is 4.57 Å². The Morgan fingerprint density at radius 1 is 0.750 bits per heavy atom. The van der Waals surface area contributed by atoms with Crippen LogP contribution in [-0.2, 0) is 31.9 Å². The van der Waals surface area contributed by atoms with E-state index in [9.17, 15) is 0 Å². The van der Waals surface area contributed by atoms with Crippen LogP contribution in [0.5, 0.6) is 11.5 Å². The van der Waals surface area contributed by atoms with Crippen LogP contribution in [0.1, 0.15) is 63.9 Å². The van der Waals surface area contributed by atoms with Crippen LogP contribution in [0.4, 0.5) is 0 Å². The predicted octanol–water partition coefficient (Wildman–Crippen LogP) is 9.65. The van der Waals surface area contributed by atoms with Gasteiger partial charge in [-0.1, -0.05) is 83.0 Å². The van der Waals surface area contributed by atoms with Crippen LogP contribution in [0.15, 0.2) is 97.3 Å². The van der Waals surface area contributed by atoms with Gasteiger partial charge in [-0.05, 0) is 71.1 Å². The van der Waals surface area contributed by atoms with Crippen LogP contribution < -0.4 is 9.30 Å². The summed E-state index contributed by atoms with van der Waals surface area (Å²) in [6, 6.07) is 36.2. The fraction of sp³-hybridized carbons (Fsp3) is 0.238. The molecule has 3 aromatic heterocycles. The zero-order chi connectivity index (χ0) is 33.1. The Balaban J connectivity index is 0.00000401. The van der Waals surface area contributed by atoms with Gasteiger partial charge in [0.05, 0.1) is 11.4 Å². The minimum atomic E-state index is -0.101. The quantitative estimate of drug-likeness (QED) is 0.128. The molecule has 0 bridgehead atoms. The van der Waals surface area contributed by atoms with Crippen LogP contribution in [0.25, 0.3) is 39.0 Å². The maximum Gasteiger partial charge on any atom is 0.267 e. The first kappa shape index (κ1) is 33.4. The smallest absolute Gasteiger partial charge is 0.267 e. The maximum atomic E-state index is 6.46. The SMILES string of the molecule is Cc1cccc(-[n+]2[c-]n(-c3[c-]c(Oc4[c-]c5c(cc4)c4ccccc4n5-c4cc(C(C)(C)C)ccn4)ccc3)cc2C(C)(C)C)c1C.[Pt]. The molecule has 0 saturated carbocycles. The number of hydrogen-bond donors (Lipinski definition) is 0. The summed E-state index contributed by atoms with van der Waals surface area (Å²) in [7, 11) is 0. The van der Waals surface area contributed by atoms with E-state index in [-0.39, 0.29) is 31.9 Å². The minimum Gasteiger partial charge on any atom is -0.510 e. The van der Waals surface area contributed by atoms with Gasteiger partial charge in [-0.2, -0.15) is 18.2 Å². The van der Waals surface area contributed by atoms with E-state index in [1.165, 1.54) is 16.7 Å². The van der Waals surface area contributed by atoms with Gasteiger partial charge in [-0.15, -0.1) is 29.7 Å². The van der Waals surface area contributed by atoms with Crippen LogP contribution in [-0.4, -0.2) is 14.1 Å². The van der Waals surface area contributed by atoms with Crippen molar-refractivity contribution in [3.63, 3.8) is 0 Å². The predicted molar refractivity (Wildman–Crippen MR) is 189 cm³/mol. The maximum absolute atomic E-state index is 6.46. The summed E-state index contributed by atoms with van der Waals surface area (Å²) in [6.07, 6.45) is 7.63. The average Bonchev–Trinajstić information content (AvgIpc) is 3.63. The zero-order valence-corrected chi connectivity index (χ0v) is 31.0. The molecule has 0 N–H and O–H groups in total. The monoisotopic (exact) mass is 811 g/mol. The summed E-state index contributed by atoms with van der Waals surface area (Å²) in [4.78, 5) is 4.80. The Bertz CT molecular complexity index is 2280. The second-order valence-corrected chi connectivity index (χ2v) is 14.4. The van der Waals surface area contributed by atoms with E-state index in [2.05, 4.69) is 150 Å². The van der Waals surface area contributed by atoms with Crippen LogP contribution in [0, 0.1) is 32.3 Å². The average molecular weight is 812 g/mol. The molecule has 0 spiro atoms. The molecule has 0 atom stereocenters. The van der Waals surface area contributed by atoms with Gasteiger partial charge in [0.15, 0.2) is 0 Å². The molecule has 0 amide bonds. The standard InChI is InChI=1S/C42H40N4O.Pt/c1-28-13-11-18-36(29(28)2)45-27-44(26-39(45)42(6,7)8)31-14-12-15-32(24-31)47-33-19-20-35-34-16-9-10-17-37(34)46(38(35)25-33)40-23-30(21-22-43-40)41(3,4)5;/h9-23,26H,1-8H3;/q-2;. The van der Waals surface area contributed by atoms with Crippen molar-refractivity contribution >= 4 is 21.8 Å². The Morgan fingerprint density at radius 2 is 1.50 bits per heavy atom. The third-order valence-corrected chi connectivity index (χ3v) is 8.92. The number of imidazole rings is 1. The normalized spacial score (nSPS) is 12.0. The molecule has 7 aromatic rings. The number of rotatable bonds is 5. The number of nitrogens with zero attached hydrogens (tertiary/aromatic N) is 4. The third-order valence-electron chi connectivity index (χ3n) is 8.92. The summed E-state index contributed by atoms with van der Waals surface area (Å²) in [5, 5.41) is 2.25. The van der Waals surface area contributed by atoms with Crippen molar-refractivity contribution in [2.45, 2.75) is 66.2 Å². The van der Waals surface area contributed by atoms with Crippen molar-refractivity contribution in [1.29, 1.82) is 0 Å². The van der Waals surface area contributed by atoms with E-state index in [0.29, 0.717) is 11.5 Å².